The number of aryl methyl sites for hydroxylation is 1. The van der Waals surface area contributed by atoms with E-state index in [1.807, 2.05) is 24.3 Å². The highest BCUT2D eigenvalue weighted by Gasteiger charge is 2.16. The first-order chi connectivity index (χ1) is 16.1. The number of carbonyl (C=O) groups is 1. The lowest BCUT2D eigenvalue weighted by Crippen LogP contribution is -2.14. The van der Waals surface area contributed by atoms with Crippen LogP contribution in [0, 0.1) is 6.92 Å². The highest BCUT2D eigenvalue weighted by Crippen LogP contribution is 2.30. The van der Waals surface area contributed by atoms with Gasteiger partial charge in [0.1, 0.15) is 5.75 Å². The Kier molecular flexibility index (Phi) is 5.66. The molecule has 5 aromatic rings. The van der Waals surface area contributed by atoms with Crippen molar-refractivity contribution in [3.05, 3.63) is 78.4 Å². The summed E-state index contributed by atoms with van der Waals surface area (Å²) in [6.45, 7) is 2.06. The summed E-state index contributed by atoms with van der Waals surface area (Å²) in [6.07, 6.45) is 0. The van der Waals surface area contributed by atoms with Crippen molar-refractivity contribution in [1.82, 2.24) is 19.8 Å². The van der Waals surface area contributed by atoms with E-state index in [-0.39, 0.29) is 11.7 Å². The SMILES string of the molecule is COc1ccc(NC(=O)CSc2nnc3c4ccccc4c(-c4ccc(C)cc4)nn23)cc1. The second-order valence-electron chi connectivity index (χ2n) is 7.54. The van der Waals surface area contributed by atoms with E-state index in [9.17, 15) is 4.79 Å². The van der Waals surface area contributed by atoms with Crippen molar-refractivity contribution in [3.63, 3.8) is 0 Å². The van der Waals surface area contributed by atoms with Gasteiger partial charge in [0.2, 0.25) is 11.1 Å². The summed E-state index contributed by atoms with van der Waals surface area (Å²) in [5, 5.41) is 19.0. The Hall–Kier alpha value is -3.91. The number of carbonyl (C=O) groups excluding carboxylic acids is 1. The minimum absolute atomic E-state index is 0.138. The van der Waals surface area contributed by atoms with Crippen LogP contribution in [0.5, 0.6) is 5.75 Å². The third-order valence-corrected chi connectivity index (χ3v) is 6.19. The molecule has 8 heteroatoms. The van der Waals surface area contributed by atoms with E-state index in [4.69, 9.17) is 9.84 Å². The molecule has 164 valence electrons. The van der Waals surface area contributed by atoms with Crippen LogP contribution in [0.15, 0.2) is 78.0 Å². The molecule has 3 aromatic carbocycles. The van der Waals surface area contributed by atoms with E-state index in [0.29, 0.717) is 16.5 Å². The van der Waals surface area contributed by atoms with Crippen LogP contribution in [0.4, 0.5) is 5.69 Å². The van der Waals surface area contributed by atoms with E-state index in [1.54, 1.807) is 35.9 Å². The number of fused-ring (bicyclic) bond motifs is 3. The number of aromatic nitrogens is 4. The molecule has 7 nitrogen and oxygen atoms in total. The van der Waals surface area contributed by atoms with Gasteiger partial charge in [-0.25, -0.2) is 0 Å². The van der Waals surface area contributed by atoms with Gasteiger partial charge in [0.05, 0.1) is 18.6 Å². The number of nitrogens with zero attached hydrogens (tertiary/aromatic N) is 4. The van der Waals surface area contributed by atoms with E-state index in [0.717, 1.165) is 27.8 Å². The number of amides is 1. The van der Waals surface area contributed by atoms with Gasteiger partial charge in [-0.15, -0.1) is 10.2 Å². The molecule has 2 aromatic heterocycles. The first kappa shape index (κ1) is 21.0. The minimum Gasteiger partial charge on any atom is -0.497 e. The number of ether oxygens (including phenoxy) is 1. The third-order valence-electron chi connectivity index (χ3n) is 5.27. The van der Waals surface area contributed by atoms with Gasteiger partial charge in [-0.05, 0) is 31.2 Å². The number of rotatable bonds is 6. The van der Waals surface area contributed by atoms with Crippen molar-refractivity contribution in [2.45, 2.75) is 12.1 Å². The number of methoxy groups -OCH3 is 1. The maximum atomic E-state index is 12.5. The predicted molar refractivity (Wildman–Crippen MR) is 131 cm³/mol. The topological polar surface area (TPSA) is 81.4 Å². The van der Waals surface area contributed by atoms with Gasteiger partial charge < -0.3 is 10.1 Å². The van der Waals surface area contributed by atoms with Gasteiger partial charge in [0, 0.05) is 22.0 Å². The lowest BCUT2D eigenvalue weighted by Gasteiger charge is -2.09. The summed E-state index contributed by atoms with van der Waals surface area (Å²) in [7, 11) is 1.61. The van der Waals surface area contributed by atoms with Crippen LogP contribution in [-0.4, -0.2) is 38.6 Å². The standard InChI is InChI=1S/C25H21N5O2S/c1-16-7-9-17(10-8-16)23-20-5-3-4-6-21(20)24-27-28-25(30(24)29-23)33-15-22(31)26-18-11-13-19(32-2)14-12-18/h3-14H,15H2,1-2H3,(H,26,31). The fourth-order valence-corrected chi connectivity index (χ4v) is 4.26. The molecule has 0 aliphatic carbocycles. The number of thioether (sulfide) groups is 1. The summed E-state index contributed by atoms with van der Waals surface area (Å²) in [5.74, 6) is 0.780. The average Bonchev–Trinajstić information content (AvgIpc) is 3.26. The summed E-state index contributed by atoms with van der Waals surface area (Å²) in [6, 6.07) is 23.5. The van der Waals surface area contributed by atoms with Crippen molar-refractivity contribution in [2.75, 3.05) is 18.2 Å². The second-order valence-corrected chi connectivity index (χ2v) is 8.49. The van der Waals surface area contributed by atoms with Crippen LogP contribution in [0.25, 0.3) is 27.7 Å². The molecule has 0 bridgehead atoms. The summed E-state index contributed by atoms with van der Waals surface area (Å²) in [4.78, 5) is 12.5. The Morgan fingerprint density at radius 2 is 1.70 bits per heavy atom. The number of hydrogen-bond donors (Lipinski definition) is 1. The van der Waals surface area contributed by atoms with E-state index in [2.05, 4.69) is 46.7 Å². The van der Waals surface area contributed by atoms with Crippen LogP contribution >= 0.6 is 11.8 Å². The molecule has 33 heavy (non-hydrogen) atoms. The summed E-state index contributed by atoms with van der Waals surface area (Å²) < 4.78 is 6.87. The van der Waals surface area contributed by atoms with Crippen LogP contribution in [0.3, 0.4) is 0 Å². The van der Waals surface area contributed by atoms with Crippen molar-refractivity contribution in [2.24, 2.45) is 0 Å². The van der Waals surface area contributed by atoms with Gasteiger partial charge in [0.25, 0.3) is 0 Å². The zero-order valence-corrected chi connectivity index (χ0v) is 19.0. The van der Waals surface area contributed by atoms with E-state index >= 15 is 0 Å². The van der Waals surface area contributed by atoms with Crippen molar-refractivity contribution in [3.8, 4) is 17.0 Å². The zero-order chi connectivity index (χ0) is 22.8. The zero-order valence-electron chi connectivity index (χ0n) is 18.1. The maximum absolute atomic E-state index is 12.5. The maximum Gasteiger partial charge on any atom is 0.234 e. The summed E-state index contributed by atoms with van der Waals surface area (Å²) >= 11 is 1.30. The molecular weight excluding hydrogens is 434 g/mol. The van der Waals surface area contributed by atoms with Gasteiger partial charge in [-0.1, -0.05) is 65.9 Å². The minimum atomic E-state index is -0.138. The molecule has 0 unspecified atom stereocenters. The Morgan fingerprint density at radius 3 is 2.42 bits per heavy atom. The molecule has 0 radical (unpaired) electrons. The summed E-state index contributed by atoms with van der Waals surface area (Å²) in [5.41, 5.74) is 4.42. The normalized spacial score (nSPS) is 11.1. The number of benzene rings is 3. The number of hydrogen-bond acceptors (Lipinski definition) is 6. The van der Waals surface area contributed by atoms with Gasteiger partial charge in [0.15, 0.2) is 5.65 Å². The second kappa shape index (κ2) is 8.91. The molecule has 1 amide bonds. The van der Waals surface area contributed by atoms with Crippen molar-refractivity contribution >= 4 is 39.8 Å². The molecule has 0 aliphatic rings. The Bertz CT molecular complexity index is 1450. The number of anilines is 1. The van der Waals surface area contributed by atoms with Gasteiger partial charge in [-0.3, -0.25) is 4.79 Å². The van der Waals surface area contributed by atoms with Crippen LogP contribution in [-0.2, 0) is 4.79 Å². The lowest BCUT2D eigenvalue weighted by molar-refractivity contribution is -0.113. The third kappa shape index (κ3) is 4.25. The van der Waals surface area contributed by atoms with E-state index in [1.165, 1.54) is 17.3 Å². The average molecular weight is 456 g/mol. The van der Waals surface area contributed by atoms with Crippen molar-refractivity contribution in [1.29, 1.82) is 0 Å². The molecule has 2 heterocycles. The fraction of sp³-hybridized carbons (Fsp3) is 0.120. The van der Waals surface area contributed by atoms with Crippen LogP contribution in [0.2, 0.25) is 0 Å². The highest BCUT2D eigenvalue weighted by molar-refractivity contribution is 7.99. The highest BCUT2D eigenvalue weighted by atomic mass is 32.2. The smallest absolute Gasteiger partial charge is 0.234 e. The van der Waals surface area contributed by atoms with Crippen molar-refractivity contribution < 1.29 is 9.53 Å². The first-order valence-electron chi connectivity index (χ1n) is 10.4. The quantitative estimate of drug-likeness (QED) is 0.363. The van der Waals surface area contributed by atoms with Crippen LogP contribution < -0.4 is 10.1 Å². The monoisotopic (exact) mass is 455 g/mol. The first-order valence-corrected chi connectivity index (χ1v) is 11.4. The molecule has 1 N–H and O–H groups in total. The number of nitrogens with one attached hydrogen (secondary N) is 1. The lowest BCUT2D eigenvalue weighted by atomic mass is 10.0. The molecule has 0 fully saturated rings. The molecule has 0 atom stereocenters. The van der Waals surface area contributed by atoms with Gasteiger partial charge in [-0.2, -0.15) is 9.61 Å². The Labute approximate surface area is 194 Å². The predicted octanol–water partition coefficient (Wildman–Crippen LogP) is 4.99. The van der Waals surface area contributed by atoms with Crippen LogP contribution in [0.1, 0.15) is 5.56 Å². The van der Waals surface area contributed by atoms with E-state index < -0.39 is 0 Å². The fourth-order valence-electron chi connectivity index (χ4n) is 3.58. The molecule has 0 saturated carbocycles. The Morgan fingerprint density at radius 1 is 0.970 bits per heavy atom. The molecule has 0 saturated heterocycles. The molecular formula is C25H21N5O2S. The molecule has 5 rings (SSSR count). The molecule has 0 aliphatic heterocycles. The Balaban J connectivity index is 1.44. The molecule has 0 spiro atoms. The van der Waals surface area contributed by atoms with Gasteiger partial charge >= 0.3 is 0 Å². The largest absolute Gasteiger partial charge is 0.497 e.